The van der Waals surface area contributed by atoms with Gasteiger partial charge in [0.05, 0.1) is 19.1 Å². The lowest BCUT2D eigenvalue weighted by atomic mass is 10.2. The Hall–Kier alpha value is -1.30. The van der Waals surface area contributed by atoms with Crippen molar-refractivity contribution in [2.24, 2.45) is 0 Å². The molecule has 21 heavy (non-hydrogen) atoms. The maximum atomic E-state index is 12.6. The van der Waals surface area contributed by atoms with E-state index >= 15 is 0 Å². The van der Waals surface area contributed by atoms with Gasteiger partial charge in [0.15, 0.2) is 0 Å². The van der Waals surface area contributed by atoms with Gasteiger partial charge in [0.2, 0.25) is 0 Å². The van der Waals surface area contributed by atoms with Gasteiger partial charge in [0.25, 0.3) is 0 Å². The monoisotopic (exact) mass is 300 g/mol. The second-order valence-corrected chi connectivity index (χ2v) is 5.51. The minimum absolute atomic E-state index is 0.0237. The second kappa shape index (κ2) is 9.60. The molecule has 0 aromatic rings. The van der Waals surface area contributed by atoms with Crippen molar-refractivity contribution in [3.8, 4) is 0 Å². The van der Waals surface area contributed by atoms with E-state index in [9.17, 15) is 9.59 Å². The Morgan fingerprint density at radius 2 is 1.86 bits per heavy atom. The molecule has 1 aliphatic rings. The van der Waals surface area contributed by atoms with Gasteiger partial charge in [-0.3, -0.25) is 4.79 Å². The zero-order chi connectivity index (χ0) is 15.7. The molecule has 0 aliphatic carbocycles. The number of morpholine rings is 1. The van der Waals surface area contributed by atoms with Crippen LogP contribution in [0.25, 0.3) is 0 Å². The summed E-state index contributed by atoms with van der Waals surface area (Å²) in [7, 11) is 0. The van der Waals surface area contributed by atoms with Gasteiger partial charge < -0.3 is 19.6 Å². The van der Waals surface area contributed by atoms with Crippen LogP contribution in [-0.2, 0) is 9.53 Å². The van der Waals surface area contributed by atoms with Gasteiger partial charge in [-0.2, -0.15) is 0 Å². The third-order valence-electron chi connectivity index (χ3n) is 3.65. The Morgan fingerprint density at radius 3 is 2.38 bits per heavy atom. The van der Waals surface area contributed by atoms with E-state index in [1.165, 1.54) is 0 Å². The summed E-state index contributed by atoms with van der Waals surface area (Å²) in [6.07, 6.45) is 3.67. The number of hydrogen-bond acceptors (Lipinski definition) is 3. The van der Waals surface area contributed by atoms with Crippen molar-refractivity contribution in [3.05, 3.63) is 0 Å². The minimum atomic E-state index is -0.886. The number of amides is 2. The molecule has 2 amide bonds. The summed E-state index contributed by atoms with van der Waals surface area (Å²) >= 11 is 0. The highest BCUT2D eigenvalue weighted by molar-refractivity contribution is 5.75. The first-order valence-corrected chi connectivity index (χ1v) is 7.95. The van der Waals surface area contributed by atoms with Gasteiger partial charge in [-0.15, -0.1) is 0 Å². The number of aliphatic carboxylic acids is 1. The van der Waals surface area contributed by atoms with Crippen molar-refractivity contribution in [2.45, 2.75) is 52.1 Å². The van der Waals surface area contributed by atoms with Crippen LogP contribution in [0.3, 0.4) is 0 Å². The van der Waals surface area contributed by atoms with Gasteiger partial charge in [0.1, 0.15) is 0 Å². The molecule has 1 N–H and O–H groups in total. The number of hydrogen-bond donors (Lipinski definition) is 1. The molecule has 1 fully saturated rings. The Bertz CT molecular complexity index is 328. The number of carbonyl (C=O) groups excluding carboxylic acids is 1. The minimum Gasteiger partial charge on any atom is -0.481 e. The van der Waals surface area contributed by atoms with Crippen LogP contribution in [-0.4, -0.2) is 65.8 Å². The zero-order valence-corrected chi connectivity index (χ0v) is 13.2. The van der Waals surface area contributed by atoms with Gasteiger partial charge in [-0.1, -0.05) is 26.7 Å². The van der Waals surface area contributed by atoms with Gasteiger partial charge >= 0.3 is 12.0 Å². The predicted molar refractivity (Wildman–Crippen MR) is 80.4 cm³/mol. The normalized spacial score (nSPS) is 18.6. The largest absolute Gasteiger partial charge is 0.481 e. The van der Waals surface area contributed by atoms with Crippen molar-refractivity contribution < 1.29 is 19.4 Å². The van der Waals surface area contributed by atoms with Crippen LogP contribution in [0.5, 0.6) is 0 Å². The summed E-state index contributed by atoms with van der Waals surface area (Å²) in [6.45, 7) is 7.11. The van der Waals surface area contributed by atoms with E-state index in [-0.39, 0.29) is 18.6 Å². The fourth-order valence-corrected chi connectivity index (χ4v) is 2.41. The first kappa shape index (κ1) is 17.8. The number of carboxylic acid groups (broad SMARTS) is 1. The summed E-state index contributed by atoms with van der Waals surface area (Å²) in [6, 6.07) is 0.0237. The van der Waals surface area contributed by atoms with E-state index in [1.807, 2.05) is 4.90 Å². The van der Waals surface area contributed by atoms with E-state index in [4.69, 9.17) is 9.84 Å². The van der Waals surface area contributed by atoms with Crippen molar-refractivity contribution in [2.75, 3.05) is 32.8 Å². The molecule has 1 aliphatic heterocycles. The SMILES string of the molecule is CCCCN(CCCC)C(=O)N1CCOC(CC(=O)O)C1. The number of carboxylic acids is 1. The highest BCUT2D eigenvalue weighted by atomic mass is 16.5. The van der Waals surface area contributed by atoms with Crippen LogP contribution in [0.4, 0.5) is 4.79 Å². The van der Waals surface area contributed by atoms with Gasteiger partial charge in [-0.05, 0) is 12.8 Å². The average Bonchev–Trinajstić information content (AvgIpc) is 2.46. The third-order valence-corrected chi connectivity index (χ3v) is 3.65. The van der Waals surface area contributed by atoms with Crippen LogP contribution >= 0.6 is 0 Å². The molecule has 122 valence electrons. The lowest BCUT2D eigenvalue weighted by Crippen LogP contribution is -2.51. The summed E-state index contributed by atoms with van der Waals surface area (Å²) in [4.78, 5) is 27.0. The number of unbranched alkanes of at least 4 members (excludes halogenated alkanes) is 2. The number of rotatable bonds is 8. The topological polar surface area (TPSA) is 70.1 Å². The molecule has 0 aromatic carbocycles. The molecule has 6 nitrogen and oxygen atoms in total. The Kier molecular flexibility index (Phi) is 8.12. The number of urea groups is 1. The van der Waals surface area contributed by atoms with Crippen molar-refractivity contribution in [1.29, 1.82) is 0 Å². The van der Waals surface area contributed by atoms with Crippen molar-refractivity contribution in [3.63, 3.8) is 0 Å². The molecular weight excluding hydrogens is 272 g/mol. The maximum Gasteiger partial charge on any atom is 0.320 e. The highest BCUT2D eigenvalue weighted by Crippen LogP contribution is 2.12. The van der Waals surface area contributed by atoms with E-state index in [2.05, 4.69) is 13.8 Å². The van der Waals surface area contributed by atoms with Crippen LogP contribution in [0.1, 0.15) is 46.0 Å². The maximum absolute atomic E-state index is 12.6. The fourth-order valence-electron chi connectivity index (χ4n) is 2.41. The molecular formula is C15H28N2O4. The van der Waals surface area contributed by atoms with E-state index in [0.29, 0.717) is 19.7 Å². The molecule has 0 aromatic heterocycles. The molecule has 1 unspecified atom stereocenters. The van der Waals surface area contributed by atoms with Crippen molar-refractivity contribution >= 4 is 12.0 Å². The smallest absolute Gasteiger partial charge is 0.320 e. The van der Waals surface area contributed by atoms with Crippen molar-refractivity contribution in [1.82, 2.24) is 9.80 Å². The number of nitrogens with zero attached hydrogens (tertiary/aromatic N) is 2. The molecule has 1 saturated heterocycles. The van der Waals surface area contributed by atoms with E-state index in [0.717, 1.165) is 38.8 Å². The van der Waals surface area contributed by atoms with Crippen LogP contribution in [0.15, 0.2) is 0 Å². The van der Waals surface area contributed by atoms with E-state index < -0.39 is 5.97 Å². The molecule has 0 bridgehead atoms. The lowest BCUT2D eigenvalue weighted by Gasteiger charge is -2.36. The van der Waals surface area contributed by atoms with Crippen LogP contribution in [0.2, 0.25) is 0 Å². The average molecular weight is 300 g/mol. The molecule has 1 atom stereocenters. The Balaban J connectivity index is 2.57. The van der Waals surface area contributed by atoms with Crippen LogP contribution in [0, 0.1) is 0 Å². The molecule has 0 saturated carbocycles. The fraction of sp³-hybridized carbons (Fsp3) is 0.867. The number of carbonyl (C=O) groups is 2. The molecule has 0 radical (unpaired) electrons. The highest BCUT2D eigenvalue weighted by Gasteiger charge is 2.28. The van der Waals surface area contributed by atoms with Gasteiger partial charge in [0, 0.05) is 26.2 Å². The number of ether oxygens (including phenoxy) is 1. The first-order valence-electron chi connectivity index (χ1n) is 7.95. The summed E-state index contributed by atoms with van der Waals surface area (Å²) in [5, 5.41) is 8.84. The quantitative estimate of drug-likeness (QED) is 0.746. The second-order valence-electron chi connectivity index (χ2n) is 5.51. The summed E-state index contributed by atoms with van der Waals surface area (Å²) in [5.74, 6) is -0.886. The molecule has 6 heteroatoms. The first-order chi connectivity index (χ1) is 10.1. The predicted octanol–water partition coefficient (Wildman–Crippen LogP) is 2.18. The standard InChI is InChI=1S/C15H28N2O4/c1-3-5-7-16(8-6-4-2)15(20)17-9-10-21-13(12-17)11-14(18)19/h13H,3-12H2,1-2H3,(H,18,19). The lowest BCUT2D eigenvalue weighted by molar-refractivity contribution is -0.141. The summed E-state index contributed by atoms with van der Waals surface area (Å²) in [5.41, 5.74) is 0. The zero-order valence-electron chi connectivity index (χ0n) is 13.2. The van der Waals surface area contributed by atoms with Gasteiger partial charge in [-0.25, -0.2) is 4.79 Å². The molecule has 0 spiro atoms. The van der Waals surface area contributed by atoms with Crippen LogP contribution < -0.4 is 0 Å². The third kappa shape index (κ3) is 6.33. The molecule has 1 rings (SSSR count). The summed E-state index contributed by atoms with van der Waals surface area (Å²) < 4.78 is 5.42. The Morgan fingerprint density at radius 1 is 1.24 bits per heavy atom. The van der Waals surface area contributed by atoms with E-state index in [1.54, 1.807) is 4.90 Å². The Labute approximate surface area is 127 Å². The molecule has 1 heterocycles.